The van der Waals surface area contributed by atoms with Crippen LogP contribution in [0.25, 0.3) is 22.0 Å². The lowest BCUT2D eigenvalue weighted by molar-refractivity contribution is 0.130. The van der Waals surface area contributed by atoms with E-state index in [0.717, 1.165) is 53.3 Å². The van der Waals surface area contributed by atoms with E-state index in [1.54, 1.807) is 10.9 Å². The topological polar surface area (TPSA) is 38.1 Å². The summed E-state index contributed by atoms with van der Waals surface area (Å²) in [6.45, 7) is 9.42. The van der Waals surface area contributed by atoms with Crippen molar-refractivity contribution >= 4 is 22.5 Å². The monoisotopic (exact) mass is 409 g/mol. The van der Waals surface area contributed by atoms with Crippen LogP contribution in [0.4, 0.5) is 0 Å². The standard InChI is InChI=1S/C24H28ClN3O/c1-16(2)27-11-5-6-18(13-27)14-28-15-26-23-10-9-19(12-21(23)24(28)29)20-7-4-8-22(25)17(20)3/h4,7-10,12,15-16,18H,5-6,11,13-14H2,1-3H3/t18-/m0/s1. The van der Waals surface area contributed by atoms with Crippen LogP contribution in [0, 0.1) is 12.8 Å². The van der Waals surface area contributed by atoms with Gasteiger partial charge < -0.3 is 4.90 Å². The fourth-order valence-corrected chi connectivity index (χ4v) is 4.54. The third-order valence-electron chi connectivity index (χ3n) is 6.14. The maximum Gasteiger partial charge on any atom is 0.261 e. The van der Waals surface area contributed by atoms with Crippen molar-refractivity contribution < 1.29 is 0 Å². The summed E-state index contributed by atoms with van der Waals surface area (Å²) in [7, 11) is 0. The van der Waals surface area contributed by atoms with E-state index in [-0.39, 0.29) is 5.56 Å². The van der Waals surface area contributed by atoms with Gasteiger partial charge in [0.1, 0.15) is 0 Å². The second-order valence-electron chi connectivity index (χ2n) is 8.44. The number of halogens is 1. The molecule has 0 bridgehead atoms. The molecule has 0 unspecified atom stereocenters. The minimum atomic E-state index is 0.0400. The number of rotatable bonds is 4. The Morgan fingerprint density at radius 2 is 2.07 bits per heavy atom. The quantitative estimate of drug-likeness (QED) is 0.598. The maximum atomic E-state index is 13.2. The first-order valence-corrected chi connectivity index (χ1v) is 10.8. The Kier molecular flexibility index (Phi) is 5.75. The molecular weight excluding hydrogens is 382 g/mol. The van der Waals surface area contributed by atoms with Crippen molar-refractivity contribution in [3.63, 3.8) is 0 Å². The first-order valence-electron chi connectivity index (χ1n) is 10.4. The van der Waals surface area contributed by atoms with Gasteiger partial charge in [0.05, 0.1) is 17.2 Å². The zero-order chi connectivity index (χ0) is 20.5. The lowest BCUT2D eigenvalue weighted by Gasteiger charge is -2.35. The summed E-state index contributed by atoms with van der Waals surface area (Å²) in [5, 5.41) is 1.40. The van der Waals surface area contributed by atoms with Crippen LogP contribution in [0.3, 0.4) is 0 Å². The molecule has 5 heteroatoms. The van der Waals surface area contributed by atoms with E-state index in [4.69, 9.17) is 11.6 Å². The molecule has 4 nitrogen and oxygen atoms in total. The Bertz CT molecular complexity index is 1090. The van der Waals surface area contributed by atoms with Gasteiger partial charge in [0.15, 0.2) is 0 Å². The van der Waals surface area contributed by atoms with Gasteiger partial charge in [0.2, 0.25) is 0 Å². The lowest BCUT2D eigenvalue weighted by atomic mass is 9.96. The van der Waals surface area contributed by atoms with Crippen LogP contribution in [0.1, 0.15) is 32.3 Å². The predicted molar refractivity (Wildman–Crippen MR) is 121 cm³/mol. The van der Waals surface area contributed by atoms with Crippen LogP contribution in [0.5, 0.6) is 0 Å². The van der Waals surface area contributed by atoms with Gasteiger partial charge in [-0.1, -0.05) is 29.8 Å². The summed E-state index contributed by atoms with van der Waals surface area (Å²) in [5.41, 5.74) is 3.85. The van der Waals surface area contributed by atoms with Gasteiger partial charge in [0.25, 0.3) is 5.56 Å². The van der Waals surface area contributed by atoms with Crippen molar-refractivity contribution in [1.82, 2.24) is 14.5 Å². The normalized spacial score (nSPS) is 17.9. The molecule has 4 rings (SSSR count). The van der Waals surface area contributed by atoms with Gasteiger partial charge in [-0.2, -0.15) is 0 Å². The zero-order valence-electron chi connectivity index (χ0n) is 17.4. The molecule has 0 radical (unpaired) electrons. The van der Waals surface area contributed by atoms with Crippen molar-refractivity contribution in [3.8, 4) is 11.1 Å². The summed E-state index contributed by atoms with van der Waals surface area (Å²) >= 11 is 6.30. The second kappa shape index (κ2) is 8.29. The molecule has 2 aromatic carbocycles. The smallest absolute Gasteiger partial charge is 0.261 e. The highest BCUT2D eigenvalue weighted by Gasteiger charge is 2.22. The molecule has 1 aliphatic rings. The van der Waals surface area contributed by atoms with E-state index >= 15 is 0 Å². The number of fused-ring (bicyclic) bond motifs is 1. The van der Waals surface area contributed by atoms with E-state index < -0.39 is 0 Å². The van der Waals surface area contributed by atoms with Gasteiger partial charge >= 0.3 is 0 Å². The number of benzene rings is 2. The average Bonchev–Trinajstić information content (AvgIpc) is 2.72. The van der Waals surface area contributed by atoms with Crippen LogP contribution in [-0.4, -0.2) is 33.6 Å². The average molecular weight is 410 g/mol. The first kappa shape index (κ1) is 20.1. The molecule has 3 aromatic rings. The van der Waals surface area contributed by atoms with E-state index in [1.165, 1.54) is 6.42 Å². The van der Waals surface area contributed by atoms with Crippen LogP contribution in [-0.2, 0) is 6.54 Å². The van der Waals surface area contributed by atoms with Crippen LogP contribution < -0.4 is 5.56 Å². The summed E-state index contributed by atoms with van der Waals surface area (Å²) < 4.78 is 1.80. The molecule has 29 heavy (non-hydrogen) atoms. The Labute approximate surface area is 177 Å². The molecule has 1 saturated heterocycles. The summed E-state index contributed by atoms with van der Waals surface area (Å²) in [4.78, 5) is 20.3. The molecule has 0 spiro atoms. The number of hydrogen-bond acceptors (Lipinski definition) is 3. The Hall–Kier alpha value is -2.17. The van der Waals surface area contributed by atoms with Crippen molar-refractivity contribution in [2.24, 2.45) is 5.92 Å². The number of aromatic nitrogens is 2. The molecule has 152 valence electrons. The van der Waals surface area contributed by atoms with E-state index in [2.05, 4.69) is 23.7 Å². The number of hydrogen-bond donors (Lipinski definition) is 0. The van der Waals surface area contributed by atoms with Crippen molar-refractivity contribution in [2.75, 3.05) is 13.1 Å². The fourth-order valence-electron chi connectivity index (χ4n) is 4.37. The molecule has 0 saturated carbocycles. The highest BCUT2D eigenvalue weighted by Crippen LogP contribution is 2.29. The summed E-state index contributed by atoms with van der Waals surface area (Å²) in [6.07, 6.45) is 4.07. The molecule has 1 fully saturated rings. The van der Waals surface area contributed by atoms with Gasteiger partial charge in [-0.15, -0.1) is 0 Å². The minimum Gasteiger partial charge on any atom is -0.301 e. The minimum absolute atomic E-state index is 0.0400. The van der Waals surface area contributed by atoms with Crippen molar-refractivity contribution in [3.05, 3.63) is 63.7 Å². The Balaban J connectivity index is 1.68. The molecule has 0 N–H and O–H groups in total. The largest absolute Gasteiger partial charge is 0.301 e. The molecule has 1 atom stereocenters. The first-order chi connectivity index (χ1) is 13.9. The Morgan fingerprint density at radius 1 is 1.24 bits per heavy atom. The number of piperidine rings is 1. The molecule has 2 heterocycles. The zero-order valence-corrected chi connectivity index (χ0v) is 18.1. The van der Waals surface area contributed by atoms with E-state index in [0.29, 0.717) is 17.3 Å². The number of nitrogens with zero attached hydrogens (tertiary/aromatic N) is 3. The van der Waals surface area contributed by atoms with Gasteiger partial charge in [-0.25, -0.2) is 4.98 Å². The highest BCUT2D eigenvalue weighted by atomic mass is 35.5. The van der Waals surface area contributed by atoms with E-state index in [1.807, 2.05) is 43.3 Å². The SMILES string of the molecule is Cc1c(Cl)cccc1-c1ccc2ncn(C[C@H]3CCCN(C(C)C)C3)c(=O)c2c1. The van der Waals surface area contributed by atoms with Gasteiger partial charge in [-0.05, 0) is 81.0 Å². The van der Waals surface area contributed by atoms with Gasteiger partial charge in [-0.3, -0.25) is 9.36 Å². The lowest BCUT2D eigenvalue weighted by Crippen LogP contribution is -2.42. The molecule has 1 aromatic heterocycles. The third kappa shape index (κ3) is 4.10. The molecule has 0 amide bonds. The van der Waals surface area contributed by atoms with E-state index in [9.17, 15) is 4.79 Å². The maximum absolute atomic E-state index is 13.2. The summed E-state index contributed by atoms with van der Waals surface area (Å²) in [6, 6.07) is 12.3. The third-order valence-corrected chi connectivity index (χ3v) is 6.55. The molecule has 1 aliphatic heterocycles. The van der Waals surface area contributed by atoms with Crippen LogP contribution in [0.2, 0.25) is 5.02 Å². The summed E-state index contributed by atoms with van der Waals surface area (Å²) in [5.74, 6) is 0.487. The van der Waals surface area contributed by atoms with Crippen LogP contribution in [0.15, 0.2) is 47.5 Å². The van der Waals surface area contributed by atoms with Crippen molar-refractivity contribution in [2.45, 2.75) is 46.2 Å². The van der Waals surface area contributed by atoms with Gasteiger partial charge in [0, 0.05) is 24.2 Å². The van der Waals surface area contributed by atoms with Crippen LogP contribution >= 0.6 is 11.6 Å². The predicted octanol–water partition coefficient (Wildman–Crippen LogP) is 5.15. The number of likely N-dealkylation sites (tertiary alicyclic amines) is 1. The highest BCUT2D eigenvalue weighted by molar-refractivity contribution is 6.31. The fraction of sp³-hybridized carbons (Fsp3) is 0.417. The molecule has 0 aliphatic carbocycles. The second-order valence-corrected chi connectivity index (χ2v) is 8.85. The van der Waals surface area contributed by atoms with Crippen molar-refractivity contribution in [1.29, 1.82) is 0 Å². The Morgan fingerprint density at radius 3 is 2.86 bits per heavy atom. The molecular formula is C24H28ClN3O.